The summed E-state index contributed by atoms with van der Waals surface area (Å²) in [7, 11) is 1.71. The molecule has 4 heteroatoms. The zero-order valence-corrected chi connectivity index (χ0v) is 28.0. The first-order valence-corrected chi connectivity index (χ1v) is 16.5. The first-order valence-electron chi connectivity index (χ1n) is 16.5. The van der Waals surface area contributed by atoms with E-state index in [9.17, 15) is 4.79 Å². The number of nitrogens with zero attached hydrogens (tertiary/aromatic N) is 2. The van der Waals surface area contributed by atoms with Crippen LogP contribution in [0, 0.1) is 23.7 Å². The second kappa shape index (κ2) is 19.4. The molecule has 1 aliphatic heterocycles. The SMILES string of the molecule is CC.CC#CC1=CCC(CN(C(=O)C2CCC(C)CC2)C2CCN(Cc3ccc(OC)cc3)CC2)=CC(C)=C1.CCC. The van der Waals surface area contributed by atoms with Gasteiger partial charge < -0.3 is 9.64 Å². The molecule has 3 aliphatic rings. The minimum Gasteiger partial charge on any atom is -0.497 e. The second-order valence-electron chi connectivity index (χ2n) is 11.9. The number of piperidine rings is 1. The quantitative estimate of drug-likeness (QED) is 0.305. The van der Waals surface area contributed by atoms with E-state index in [1.54, 1.807) is 7.11 Å². The van der Waals surface area contributed by atoms with Crippen LogP contribution < -0.4 is 4.74 Å². The lowest BCUT2D eigenvalue weighted by Gasteiger charge is -2.41. The van der Waals surface area contributed by atoms with Gasteiger partial charge in [-0.15, -0.1) is 5.92 Å². The minimum atomic E-state index is 0.189. The first-order chi connectivity index (χ1) is 20.4. The maximum absolute atomic E-state index is 14.0. The fraction of sp³-hybridized carbons (Fsp3) is 0.605. The lowest BCUT2D eigenvalue weighted by Crippen LogP contribution is -2.50. The van der Waals surface area contributed by atoms with Crippen molar-refractivity contribution in [1.82, 2.24) is 9.80 Å². The van der Waals surface area contributed by atoms with Crippen LogP contribution in [0.4, 0.5) is 0 Å². The minimum absolute atomic E-state index is 0.189. The summed E-state index contributed by atoms with van der Waals surface area (Å²) in [6, 6.07) is 8.70. The third-order valence-corrected chi connectivity index (χ3v) is 8.25. The van der Waals surface area contributed by atoms with E-state index in [1.807, 2.05) is 32.9 Å². The third-order valence-electron chi connectivity index (χ3n) is 8.25. The number of benzene rings is 1. The predicted octanol–water partition coefficient (Wildman–Crippen LogP) is 8.98. The Morgan fingerprint density at radius 1 is 1.00 bits per heavy atom. The Bertz CT molecular complexity index is 1090. The first kappa shape index (κ1) is 35.4. The van der Waals surface area contributed by atoms with Gasteiger partial charge >= 0.3 is 0 Å². The average Bonchev–Trinajstić information content (AvgIpc) is 3.18. The Balaban J connectivity index is 0.00000116. The number of rotatable bonds is 7. The maximum Gasteiger partial charge on any atom is 0.226 e. The summed E-state index contributed by atoms with van der Waals surface area (Å²) in [6.07, 6.45) is 15.3. The number of likely N-dealkylation sites (tertiary alicyclic amines) is 1. The van der Waals surface area contributed by atoms with E-state index < -0.39 is 0 Å². The Morgan fingerprint density at radius 3 is 2.19 bits per heavy atom. The standard InChI is InChI=1S/C33H44N2O2.C3H8.C2H6/c1-5-6-27-9-10-29(22-26(3)21-27)24-35(33(36)30-13-7-25(2)8-14-30)31-17-19-34(20-18-31)23-28-11-15-32(37-4)16-12-28;1-3-2;1-2/h9,11-12,15-16,21-22,25,30-31H,7-8,10,13-14,17-20,23-24H2,1-4H3;3H2,1-2H3;1-2H3. The molecule has 4 nitrogen and oxygen atoms in total. The van der Waals surface area contributed by atoms with E-state index >= 15 is 0 Å². The molecule has 4 rings (SSSR count). The van der Waals surface area contributed by atoms with Crippen LogP contribution in [-0.2, 0) is 11.3 Å². The Hall–Kier alpha value is -2.77. The van der Waals surface area contributed by atoms with Crippen LogP contribution in [-0.4, -0.2) is 48.5 Å². The largest absolute Gasteiger partial charge is 0.497 e. The molecule has 1 heterocycles. The molecular weight excluding hydrogens is 516 g/mol. The Labute approximate surface area is 258 Å². The summed E-state index contributed by atoms with van der Waals surface area (Å²) in [5.74, 6) is 8.46. The molecule has 0 bridgehead atoms. The normalized spacial score (nSPS) is 20.9. The van der Waals surface area contributed by atoms with Crippen LogP contribution in [0.5, 0.6) is 5.75 Å². The van der Waals surface area contributed by atoms with E-state index in [2.05, 4.69) is 79.7 Å². The molecule has 1 saturated heterocycles. The third kappa shape index (κ3) is 11.5. The number of hydrogen-bond acceptors (Lipinski definition) is 3. The van der Waals surface area contributed by atoms with Gasteiger partial charge in [-0.2, -0.15) is 0 Å². The lowest BCUT2D eigenvalue weighted by atomic mass is 9.82. The number of methoxy groups -OCH3 is 1. The van der Waals surface area contributed by atoms with E-state index in [-0.39, 0.29) is 5.92 Å². The van der Waals surface area contributed by atoms with Crippen LogP contribution in [0.15, 0.2) is 59.2 Å². The molecule has 42 heavy (non-hydrogen) atoms. The highest BCUT2D eigenvalue weighted by atomic mass is 16.5. The van der Waals surface area contributed by atoms with Gasteiger partial charge in [-0.1, -0.05) is 71.2 Å². The monoisotopic (exact) mass is 574 g/mol. The Kier molecular flexibility index (Phi) is 16.4. The van der Waals surface area contributed by atoms with Crippen LogP contribution in [0.2, 0.25) is 0 Å². The molecule has 1 saturated carbocycles. The highest BCUT2D eigenvalue weighted by molar-refractivity contribution is 5.79. The summed E-state index contributed by atoms with van der Waals surface area (Å²) < 4.78 is 5.30. The van der Waals surface area contributed by atoms with Gasteiger partial charge in [0, 0.05) is 43.7 Å². The zero-order chi connectivity index (χ0) is 30.9. The van der Waals surface area contributed by atoms with Gasteiger partial charge in [0.2, 0.25) is 5.91 Å². The van der Waals surface area contributed by atoms with Gasteiger partial charge in [0.1, 0.15) is 5.75 Å². The molecule has 2 aliphatic carbocycles. The highest BCUT2D eigenvalue weighted by Gasteiger charge is 2.34. The van der Waals surface area contributed by atoms with Crippen molar-refractivity contribution in [2.45, 2.75) is 112 Å². The molecule has 232 valence electrons. The van der Waals surface area contributed by atoms with Gasteiger partial charge in [0.05, 0.1) is 7.11 Å². The molecule has 0 unspecified atom stereocenters. The fourth-order valence-corrected chi connectivity index (χ4v) is 6.04. The summed E-state index contributed by atoms with van der Waals surface area (Å²) in [5, 5.41) is 0. The zero-order valence-electron chi connectivity index (χ0n) is 28.0. The van der Waals surface area contributed by atoms with Gasteiger partial charge in [0.15, 0.2) is 0 Å². The van der Waals surface area contributed by atoms with Gasteiger partial charge in [-0.05, 0) is 99.6 Å². The molecule has 1 aromatic rings. The summed E-state index contributed by atoms with van der Waals surface area (Å²) in [6.45, 7) is 18.3. The number of hydrogen-bond donors (Lipinski definition) is 0. The summed E-state index contributed by atoms with van der Waals surface area (Å²) in [4.78, 5) is 18.8. The maximum atomic E-state index is 14.0. The van der Waals surface area contributed by atoms with E-state index in [0.717, 1.165) is 75.5 Å². The van der Waals surface area contributed by atoms with Crippen LogP contribution in [0.3, 0.4) is 0 Å². The van der Waals surface area contributed by atoms with Gasteiger partial charge in [0.25, 0.3) is 0 Å². The second-order valence-corrected chi connectivity index (χ2v) is 11.9. The van der Waals surface area contributed by atoms with E-state index in [1.165, 1.54) is 36.0 Å². The predicted molar refractivity (Wildman–Crippen MR) is 179 cm³/mol. The summed E-state index contributed by atoms with van der Waals surface area (Å²) in [5.41, 5.74) is 4.93. The van der Waals surface area contributed by atoms with Crippen molar-refractivity contribution in [2.75, 3.05) is 26.7 Å². The molecule has 1 amide bonds. The van der Waals surface area contributed by atoms with Crippen molar-refractivity contribution in [3.63, 3.8) is 0 Å². The van der Waals surface area contributed by atoms with Gasteiger partial charge in [-0.3, -0.25) is 9.69 Å². The van der Waals surface area contributed by atoms with Crippen molar-refractivity contribution < 1.29 is 9.53 Å². The van der Waals surface area contributed by atoms with Crippen molar-refractivity contribution in [1.29, 1.82) is 0 Å². The summed E-state index contributed by atoms with van der Waals surface area (Å²) >= 11 is 0. The smallest absolute Gasteiger partial charge is 0.226 e. The van der Waals surface area contributed by atoms with E-state index in [0.29, 0.717) is 11.9 Å². The number of ether oxygens (including phenoxy) is 1. The average molecular weight is 575 g/mol. The number of amides is 1. The van der Waals surface area contributed by atoms with Crippen LogP contribution in [0.25, 0.3) is 0 Å². The van der Waals surface area contributed by atoms with Crippen molar-refractivity contribution in [2.24, 2.45) is 11.8 Å². The molecular formula is C38H58N2O2. The molecule has 0 atom stereocenters. The van der Waals surface area contributed by atoms with E-state index in [4.69, 9.17) is 4.74 Å². The molecule has 0 N–H and O–H groups in total. The highest BCUT2D eigenvalue weighted by Crippen LogP contribution is 2.32. The molecule has 0 radical (unpaired) electrons. The lowest BCUT2D eigenvalue weighted by molar-refractivity contribution is -0.139. The fourth-order valence-electron chi connectivity index (χ4n) is 6.04. The van der Waals surface area contributed by atoms with Gasteiger partial charge in [-0.25, -0.2) is 0 Å². The van der Waals surface area contributed by atoms with Crippen LogP contribution in [0.1, 0.15) is 105 Å². The molecule has 2 fully saturated rings. The number of carbonyl (C=O) groups is 1. The molecule has 0 aromatic heterocycles. The topological polar surface area (TPSA) is 32.8 Å². The Morgan fingerprint density at radius 2 is 1.62 bits per heavy atom. The molecule has 0 spiro atoms. The number of allylic oxidation sites excluding steroid dienone is 5. The number of carbonyl (C=O) groups excluding carboxylic acids is 1. The molecule has 1 aromatic carbocycles. The van der Waals surface area contributed by atoms with Crippen molar-refractivity contribution in [3.05, 3.63) is 64.8 Å². The van der Waals surface area contributed by atoms with Crippen molar-refractivity contribution in [3.8, 4) is 17.6 Å². The van der Waals surface area contributed by atoms with Crippen molar-refractivity contribution >= 4 is 5.91 Å². The van der Waals surface area contributed by atoms with Crippen LogP contribution >= 0.6 is 0 Å².